The largest absolute Gasteiger partial charge is 3.00 e. The van der Waals surface area contributed by atoms with Gasteiger partial charge in [-0.05, 0) is 18.2 Å². The second-order valence-corrected chi connectivity index (χ2v) is 1.57. The van der Waals surface area contributed by atoms with Crippen molar-refractivity contribution in [3.05, 3.63) is 38.0 Å². The molecule has 0 saturated heterocycles. The van der Waals surface area contributed by atoms with Gasteiger partial charge in [0.1, 0.15) is 0 Å². The Kier molecular flexibility index (Phi) is 42.0. The third kappa shape index (κ3) is 108. The number of aliphatic carboxylic acids is 3. The number of carbonyl (C=O) groups is 3. The molecule has 2 radical (unpaired) electrons. The average molecular weight is 333 g/mol. The van der Waals surface area contributed by atoms with E-state index in [1.54, 1.807) is 0 Å². The molecule has 0 fully saturated rings. The number of carbonyl (C=O) groups excluding carboxylic acids is 3. The standard InChI is InChI=1S/3C3H4O2.Cu.Fe/c3*1-2-3(4)5;;/h3*2H,1H2,(H,4,5);;/q;;;;+3/p-3. The van der Waals surface area contributed by atoms with Gasteiger partial charge in [-0.15, -0.1) is 0 Å². The van der Waals surface area contributed by atoms with Crippen LogP contribution in [0.3, 0.4) is 0 Å². The molecule has 0 aliphatic rings. The Morgan fingerprint density at radius 3 is 0.765 bits per heavy atom. The van der Waals surface area contributed by atoms with Crippen molar-refractivity contribution in [1.29, 1.82) is 0 Å². The van der Waals surface area contributed by atoms with Crippen LogP contribution in [0, 0.1) is 0 Å². The molecule has 0 aromatic rings. The molecule has 0 N–H and O–H groups in total. The quantitative estimate of drug-likeness (QED) is 0.395. The third-order valence-electron chi connectivity index (χ3n) is 0.500. The Bertz CT molecular complexity index is 221. The zero-order chi connectivity index (χ0) is 12.9. The van der Waals surface area contributed by atoms with E-state index in [9.17, 15) is 0 Å². The SMILES string of the molecule is C=CC(=O)[O-].C=CC(=O)[O-].C=CC(=O)[O-].[Cu].[Fe+3]. The van der Waals surface area contributed by atoms with Gasteiger partial charge in [-0.2, -0.15) is 0 Å². The van der Waals surface area contributed by atoms with E-state index in [2.05, 4.69) is 19.7 Å². The summed E-state index contributed by atoms with van der Waals surface area (Å²) in [6.45, 7) is 8.69. The first-order valence-corrected chi connectivity index (χ1v) is 3.32. The summed E-state index contributed by atoms with van der Waals surface area (Å²) >= 11 is 0. The van der Waals surface area contributed by atoms with E-state index in [4.69, 9.17) is 29.7 Å². The Morgan fingerprint density at radius 2 is 0.765 bits per heavy atom. The van der Waals surface area contributed by atoms with Crippen LogP contribution in [-0.4, -0.2) is 17.9 Å². The minimum atomic E-state index is -1.23. The van der Waals surface area contributed by atoms with E-state index in [0.29, 0.717) is 0 Å². The Balaban J connectivity index is -0.0000000400. The molecule has 6 nitrogen and oxygen atoms in total. The first-order chi connectivity index (χ1) is 6.81. The molecule has 8 heteroatoms. The van der Waals surface area contributed by atoms with Gasteiger partial charge in [-0.1, -0.05) is 19.7 Å². The molecule has 0 spiro atoms. The molecule has 0 aliphatic carbocycles. The summed E-state index contributed by atoms with van der Waals surface area (Å²) in [5.74, 6) is -3.69. The molecule has 0 aromatic carbocycles. The van der Waals surface area contributed by atoms with Crippen LogP contribution in [0.25, 0.3) is 0 Å². The van der Waals surface area contributed by atoms with E-state index in [0.717, 1.165) is 18.2 Å². The van der Waals surface area contributed by atoms with Gasteiger partial charge in [0.25, 0.3) is 0 Å². The molecule has 0 saturated carbocycles. The molecule has 0 bridgehead atoms. The molecule has 0 heterocycles. The van der Waals surface area contributed by atoms with Crippen molar-refractivity contribution < 1.29 is 63.8 Å². The van der Waals surface area contributed by atoms with Gasteiger partial charge in [0.05, 0.1) is 17.9 Å². The minimum absolute atomic E-state index is 0. The van der Waals surface area contributed by atoms with Gasteiger partial charge in [-0.25, -0.2) is 0 Å². The Hall–Kier alpha value is -1.33. The Morgan fingerprint density at radius 1 is 0.706 bits per heavy atom. The van der Waals surface area contributed by atoms with Crippen LogP contribution in [0.2, 0.25) is 0 Å². The summed E-state index contributed by atoms with van der Waals surface area (Å²) in [5.41, 5.74) is 0. The fourth-order valence-corrected chi connectivity index (χ4v) is 0. The fraction of sp³-hybridized carbons (Fsp3) is 0. The van der Waals surface area contributed by atoms with Gasteiger partial charge < -0.3 is 29.7 Å². The number of rotatable bonds is 3. The van der Waals surface area contributed by atoms with Gasteiger partial charge >= 0.3 is 17.1 Å². The third-order valence-corrected chi connectivity index (χ3v) is 0.500. The summed E-state index contributed by atoms with van der Waals surface area (Å²) in [6.07, 6.45) is 2.17. The first-order valence-electron chi connectivity index (χ1n) is 3.32. The molecule has 0 aliphatic heterocycles. The van der Waals surface area contributed by atoms with Crippen LogP contribution in [0.4, 0.5) is 0 Å². The number of carboxylic acid groups (broad SMARTS) is 3. The van der Waals surface area contributed by atoms with Crippen LogP contribution in [0.15, 0.2) is 38.0 Å². The number of carboxylic acids is 3. The molecule has 100 valence electrons. The summed E-state index contributed by atoms with van der Waals surface area (Å²) < 4.78 is 0. The summed E-state index contributed by atoms with van der Waals surface area (Å²) in [7, 11) is 0. The summed E-state index contributed by atoms with van der Waals surface area (Å²) in [5, 5.41) is 27.4. The van der Waals surface area contributed by atoms with Crippen molar-refractivity contribution in [1.82, 2.24) is 0 Å². The van der Waals surface area contributed by atoms with E-state index in [-0.39, 0.29) is 34.1 Å². The molecule has 0 atom stereocenters. The molecule has 0 rings (SSSR count). The predicted molar refractivity (Wildman–Crippen MR) is 45.6 cm³/mol. The van der Waals surface area contributed by atoms with Crippen LogP contribution in [0.5, 0.6) is 0 Å². The Labute approximate surface area is 120 Å². The first kappa shape index (κ1) is 29.6. The molecular formula is C9H9CuFeO6. The predicted octanol–water partition coefficient (Wildman–Crippen LogP) is -3.24. The van der Waals surface area contributed by atoms with Crippen LogP contribution >= 0.6 is 0 Å². The van der Waals surface area contributed by atoms with E-state index in [1.807, 2.05) is 0 Å². The fourth-order valence-electron chi connectivity index (χ4n) is 0. The summed E-state index contributed by atoms with van der Waals surface area (Å²) in [6, 6.07) is 0. The van der Waals surface area contributed by atoms with Crippen molar-refractivity contribution in [2.45, 2.75) is 0 Å². The molecule has 17 heavy (non-hydrogen) atoms. The van der Waals surface area contributed by atoms with Crippen molar-refractivity contribution in [2.24, 2.45) is 0 Å². The molecular weight excluding hydrogens is 323 g/mol. The minimum Gasteiger partial charge on any atom is -0.545 e. The van der Waals surface area contributed by atoms with Crippen LogP contribution in [0.1, 0.15) is 0 Å². The molecule has 0 aromatic heterocycles. The maximum absolute atomic E-state index is 9.14. The van der Waals surface area contributed by atoms with E-state index >= 15 is 0 Å². The maximum atomic E-state index is 9.14. The maximum Gasteiger partial charge on any atom is 3.00 e. The zero-order valence-electron chi connectivity index (χ0n) is 8.46. The number of hydrogen-bond acceptors (Lipinski definition) is 6. The van der Waals surface area contributed by atoms with Gasteiger partial charge in [-0.3, -0.25) is 0 Å². The number of hydrogen-bond donors (Lipinski definition) is 0. The van der Waals surface area contributed by atoms with Crippen molar-refractivity contribution >= 4 is 17.9 Å². The van der Waals surface area contributed by atoms with Gasteiger partial charge in [0.2, 0.25) is 0 Å². The van der Waals surface area contributed by atoms with Crippen molar-refractivity contribution in [3.8, 4) is 0 Å². The monoisotopic (exact) mass is 332 g/mol. The zero-order valence-corrected chi connectivity index (χ0v) is 10.5. The van der Waals surface area contributed by atoms with Crippen molar-refractivity contribution in [2.75, 3.05) is 0 Å². The average Bonchev–Trinajstić information content (AvgIpc) is 2.19. The summed E-state index contributed by atoms with van der Waals surface area (Å²) in [4.78, 5) is 27.4. The smallest absolute Gasteiger partial charge is 0.545 e. The second kappa shape index (κ2) is 24.1. The molecule has 0 unspecified atom stereocenters. The van der Waals surface area contributed by atoms with Crippen LogP contribution < -0.4 is 15.3 Å². The van der Waals surface area contributed by atoms with Crippen LogP contribution in [-0.2, 0) is 48.5 Å². The van der Waals surface area contributed by atoms with Crippen molar-refractivity contribution in [3.63, 3.8) is 0 Å². The van der Waals surface area contributed by atoms with E-state index in [1.165, 1.54) is 0 Å². The topological polar surface area (TPSA) is 120 Å². The van der Waals surface area contributed by atoms with Gasteiger partial charge in [0.15, 0.2) is 0 Å². The normalized spacial score (nSPS) is 5.65. The van der Waals surface area contributed by atoms with Gasteiger partial charge in [0, 0.05) is 17.1 Å². The molecule has 0 amide bonds. The van der Waals surface area contributed by atoms with E-state index < -0.39 is 17.9 Å². The second-order valence-electron chi connectivity index (χ2n) is 1.57.